The Kier molecular flexibility index (Phi) is 3.64. The van der Waals surface area contributed by atoms with E-state index < -0.39 is 6.55 Å². The van der Waals surface area contributed by atoms with Gasteiger partial charge >= 0.3 is 6.55 Å². The van der Waals surface area contributed by atoms with Crippen molar-refractivity contribution in [3.63, 3.8) is 0 Å². The van der Waals surface area contributed by atoms with Crippen LogP contribution in [0.15, 0.2) is 47.9 Å². The van der Waals surface area contributed by atoms with Crippen molar-refractivity contribution in [2.24, 2.45) is 0 Å². The summed E-state index contributed by atoms with van der Waals surface area (Å²) in [7, 11) is 0. The lowest BCUT2D eigenvalue weighted by Crippen LogP contribution is -2.06. The van der Waals surface area contributed by atoms with Crippen molar-refractivity contribution in [2.45, 2.75) is 23.9 Å². The lowest BCUT2D eigenvalue weighted by atomic mass is 10.3. The van der Waals surface area contributed by atoms with Crippen LogP contribution in [0.3, 0.4) is 0 Å². The summed E-state index contributed by atoms with van der Waals surface area (Å²) in [6, 6.07) is 8.61. The van der Waals surface area contributed by atoms with E-state index in [1.807, 2.05) is 6.92 Å². The third kappa shape index (κ3) is 2.50. The Labute approximate surface area is 139 Å². The molecule has 3 heterocycles. The number of rotatable bonds is 4. The molecule has 0 aliphatic carbocycles. The Bertz CT molecular complexity index is 978. The third-order valence-electron chi connectivity index (χ3n) is 3.56. The monoisotopic (exact) mass is 346 g/mol. The standard InChI is InChI=1S/C15H12F2N6S/c1-9(24-15-20-14-18-7-4-8-22(14)21-15)12-19-10-5-2-3-6-11(10)23(12)13(16)17/h2-9,13H,1H3/t9-/m0/s1. The van der Waals surface area contributed by atoms with Gasteiger partial charge in [0.2, 0.25) is 5.16 Å². The van der Waals surface area contributed by atoms with Crippen LogP contribution in [0.1, 0.15) is 24.5 Å². The Morgan fingerprint density at radius 1 is 1.12 bits per heavy atom. The van der Waals surface area contributed by atoms with E-state index in [1.165, 1.54) is 11.8 Å². The van der Waals surface area contributed by atoms with Crippen molar-refractivity contribution in [3.05, 3.63) is 48.5 Å². The number of fused-ring (bicyclic) bond motifs is 2. The summed E-state index contributed by atoms with van der Waals surface area (Å²) >= 11 is 1.27. The highest BCUT2D eigenvalue weighted by atomic mass is 32.2. The van der Waals surface area contributed by atoms with Gasteiger partial charge in [-0.3, -0.25) is 4.57 Å². The van der Waals surface area contributed by atoms with Gasteiger partial charge in [0.05, 0.1) is 16.3 Å². The van der Waals surface area contributed by atoms with Gasteiger partial charge in [0, 0.05) is 12.4 Å². The first-order chi connectivity index (χ1) is 11.6. The SMILES string of the molecule is C[C@H](Sc1nc2ncccn2n1)c1nc2ccccc2n1C(F)F. The largest absolute Gasteiger partial charge is 0.320 e. The molecule has 0 fully saturated rings. The summed E-state index contributed by atoms with van der Waals surface area (Å²) in [6.45, 7) is -0.852. The summed E-state index contributed by atoms with van der Waals surface area (Å²) in [5.41, 5.74) is 0.962. The van der Waals surface area contributed by atoms with E-state index in [-0.39, 0.29) is 5.25 Å². The van der Waals surface area contributed by atoms with Gasteiger partial charge in [0.15, 0.2) is 0 Å². The number of benzene rings is 1. The van der Waals surface area contributed by atoms with E-state index in [4.69, 9.17) is 0 Å². The lowest BCUT2D eigenvalue weighted by Gasteiger charge is -2.12. The van der Waals surface area contributed by atoms with Crippen LogP contribution in [-0.4, -0.2) is 29.1 Å². The van der Waals surface area contributed by atoms with E-state index in [0.29, 0.717) is 27.8 Å². The average Bonchev–Trinajstić information content (AvgIpc) is 3.15. The number of alkyl halides is 2. The second kappa shape index (κ2) is 5.82. The molecule has 1 atom stereocenters. The smallest absolute Gasteiger partial charge is 0.269 e. The molecule has 122 valence electrons. The van der Waals surface area contributed by atoms with E-state index in [9.17, 15) is 8.78 Å². The van der Waals surface area contributed by atoms with Gasteiger partial charge in [-0.05, 0) is 25.1 Å². The molecule has 9 heteroatoms. The first-order valence-corrected chi connectivity index (χ1v) is 8.10. The number of nitrogens with zero attached hydrogens (tertiary/aromatic N) is 6. The summed E-state index contributed by atoms with van der Waals surface area (Å²) in [6.07, 6.45) is 3.36. The molecule has 4 aromatic rings. The van der Waals surface area contributed by atoms with E-state index in [2.05, 4.69) is 20.1 Å². The summed E-state index contributed by atoms with van der Waals surface area (Å²) in [4.78, 5) is 12.8. The molecule has 0 saturated heterocycles. The van der Waals surface area contributed by atoms with Gasteiger partial charge in [-0.2, -0.15) is 13.8 Å². The van der Waals surface area contributed by atoms with Gasteiger partial charge in [-0.1, -0.05) is 23.9 Å². The van der Waals surface area contributed by atoms with Crippen molar-refractivity contribution in [3.8, 4) is 0 Å². The molecule has 0 aliphatic rings. The normalized spacial score (nSPS) is 13.2. The maximum atomic E-state index is 13.5. The van der Waals surface area contributed by atoms with E-state index >= 15 is 0 Å². The molecule has 24 heavy (non-hydrogen) atoms. The predicted molar refractivity (Wildman–Crippen MR) is 86.0 cm³/mol. The summed E-state index contributed by atoms with van der Waals surface area (Å²) in [5.74, 6) is 0.762. The number of para-hydroxylation sites is 2. The second-order valence-electron chi connectivity index (χ2n) is 5.13. The predicted octanol–water partition coefficient (Wildman–Crippen LogP) is 3.72. The first-order valence-electron chi connectivity index (χ1n) is 7.22. The molecule has 0 N–H and O–H groups in total. The molecule has 0 radical (unpaired) electrons. The minimum atomic E-state index is -2.66. The van der Waals surface area contributed by atoms with E-state index in [1.54, 1.807) is 47.2 Å². The van der Waals surface area contributed by atoms with Crippen molar-refractivity contribution < 1.29 is 8.78 Å². The topological polar surface area (TPSA) is 60.9 Å². The highest BCUT2D eigenvalue weighted by Gasteiger charge is 2.23. The molecule has 0 bridgehead atoms. The van der Waals surface area contributed by atoms with Crippen molar-refractivity contribution in [2.75, 3.05) is 0 Å². The zero-order valence-corrected chi connectivity index (χ0v) is 13.4. The van der Waals surface area contributed by atoms with Crippen LogP contribution in [0.25, 0.3) is 16.8 Å². The molecule has 0 amide bonds. The Balaban J connectivity index is 1.72. The lowest BCUT2D eigenvalue weighted by molar-refractivity contribution is 0.0715. The second-order valence-corrected chi connectivity index (χ2v) is 6.43. The minimum absolute atomic E-state index is 0.294. The van der Waals surface area contributed by atoms with Crippen LogP contribution in [-0.2, 0) is 0 Å². The van der Waals surface area contributed by atoms with Crippen molar-refractivity contribution >= 4 is 28.6 Å². The summed E-state index contributed by atoms with van der Waals surface area (Å²) in [5, 5.41) is 4.41. The van der Waals surface area contributed by atoms with Crippen molar-refractivity contribution in [1.82, 2.24) is 29.1 Å². The molecule has 6 nitrogen and oxygen atoms in total. The number of aromatic nitrogens is 6. The van der Waals surface area contributed by atoms with Crippen LogP contribution in [0, 0.1) is 0 Å². The maximum Gasteiger partial charge on any atom is 0.320 e. The molecule has 0 spiro atoms. The number of halogens is 2. The Morgan fingerprint density at radius 2 is 1.96 bits per heavy atom. The van der Waals surface area contributed by atoms with Crippen molar-refractivity contribution in [1.29, 1.82) is 0 Å². The molecule has 3 aromatic heterocycles. The first kappa shape index (κ1) is 15.0. The zero-order valence-electron chi connectivity index (χ0n) is 12.5. The molecule has 4 rings (SSSR count). The van der Waals surface area contributed by atoms with Crippen LogP contribution in [0.5, 0.6) is 0 Å². The molecule has 1 aromatic carbocycles. The van der Waals surface area contributed by atoms with Gasteiger partial charge in [0.1, 0.15) is 5.82 Å². The fourth-order valence-electron chi connectivity index (χ4n) is 2.53. The molecule has 0 aliphatic heterocycles. The summed E-state index contributed by atoms with van der Waals surface area (Å²) < 4.78 is 29.6. The highest BCUT2D eigenvalue weighted by Crippen LogP contribution is 2.36. The molecular formula is C15H12F2N6S. The molecule has 0 unspecified atom stereocenters. The molecule has 0 saturated carbocycles. The van der Waals surface area contributed by atoms with E-state index in [0.717, 1.165) is 4.57 Å². The van der Waals surface area contributed by atoms with Crippen LogP contribution in [0.2, 0.25) is 0 Å². The van der Waals surface area contributed by atoms with Gasteiger partial charge in [-0.15, -0.1) is 5.10 Å². The minimum Gasteiger partial charge on any atom is -0.269 e. The third-order valence-corrected chi connectivity index (χ3v) is 4.51. The number of hydrogen-bond donors (Lipinski definition) is 0. The number of imidazole rings is 1. The fraction of sp³-hybridized carbons (Fsp3) is 0.200. The van der Waals surface area contributed by atoms with Gasteiger partial charge in [-0.25, -0.2) is 14.5 Å². The highest BCUT2D eigenvalue weighted by molar-refractivity contribution is 7.99. The quantitative estimate of drug-likeness (QED) is 0.527. The molecular weight excluding hydrogens is 334 g/mol. The van der Waals surface area contributed by atoms with Crippen LogP contribution >= 0.6 is 11.8 Å². The zero-order chi connectivity index (χ0) is 16.7. The van der Waals surface area contributed by atoms with Crippen LogP contribution < -0.4 is 0 Å². The fourth-order valence-corrected chi connectivity index (χ4v) is 3.39. The van der Waals surface area contributed by atoms with Gasteiger partial charge in [0.25, 0.3) is 5.78 Å². The van der Waals surface area contributed by atoms with Gasteiger partial charge < -0.3 is 0 Å². The van der Waals surface area contributed by atoms with Crippen LogP contribution in [0.4, 0.5) is 8.78 Å². The Hall–Kier alpha value is -2.55. The average molecular weight is 346 g/mol. The maximum absolute atomic E-state index is 13.5. The Morgan fingerprint density at radius 3 is 2.75 bits per heavy atom. The number of thioether (sulfide) groups is 1. The number of hydrogen-bond acceptors (Lipinski definition) is 5.